The van der Waals surface area contributed by atoms with Crippen molar-refractivity contribution in [1.29, 1.82) is 0 Å². The largest absolute Gasteiger partial charge is 0.333 e. The topological polar surface area (TPSA) is 41.6 Å². The summed E-state index contributed by atoms with van der Waals surface area (Å²) in [6, 6.07) is 20.3. The van der Waals surface area contributed by atoms with Crippen LogP contribution in [0.2, 0.25) is 0 Å². The lowest BCUT2D eigenvalue weighted by atomic mass is 10.2. The molecule has 0 saturated heterocycles. The van der Waals surface area contributed by atoms with E-state index in [1.807, 2.05) is 48.5 Å². The molecule has 0 bridgehead atoms. The molecule has 0 saturated carbocycles. The summed E-state index contributed by atoms with van der Waals surface area (Å²) in [4.78, 5) is 12.5. The zero-order valence-corrected chi connectivity index (χ0v) is 11.4. The van der Waals surface area contributed by atoms with Gasteiger partial charge in [0.05, 0.1) is 16.6 Å². The molecule has 3 nitrogen and oxygen atoms in total. The van der Waals surface area contributed by atoms with Crippen LogP contribution >= 0.6 is 11.8 Å². The van der Waals surface area contributed by atoms with Gasteiger partial charge in [0.25, 0.3) is 0 Å². The number of imidazole rings is 1. The average molecular weight is 277 g/mol. The molecule has 0 atom stereocenters. The highest BCUT2D eigenvalue weighted by molar-refractivity contribution is 7.99. The molecule has 0 fully saturated rings. The van der Waals surface area contributed by atoms with Crippen LogP contribution in [0.3, 0.4) is 0 Å². The van der Waals surface area contributed by atoms with Crippen LogP contribution in [0.4, 0.5) is 0 Å². The number of nitrogens with one attached hydrogen (secondary N) is 1. The van der Waals surface area contributed by atoms with E-state index >= 15 is 0 Å². The predicted octanol–water partition coefficient (Wildman–Crippen LogP) is 4.26. The van der Waals surface area contributed by atoms with Crippen molar-refractivity contribution in [3.05, 3.63) is 60.7 Å². The zero-order chi connectivity index (χ0) is 13.4. The molecule has 0 amide bonds. The average Bonchev–Trinajstić information content (AvgIpc) is 2.89. The normalized spacial score (nSPS) is 11.2. The van der Waals surface area contributed by atoms with Gasteiger partial charge in [0.2, 0.25) is 0 Å². The van der Waals surface area contributed by atoms with Gasteiger partial charge in [-0.2, -0.15) is 0 Å². The van der Waals surface area contributed by atoms with E-state index < -0.39 is 0 Å². The first-order valence-electron chi connectivity index (χ1n) is 6.37. The van der Waals surface area contributed by atoms with Gasteiger partial charge in [0.15, 0.2) is 5.16 Å². The fraction of sp³-hybridized carbons (Fsp3) is 0. The Kier molecular flexibility index (Phi) is 2.67. The van der Waals surface area contributed by atoms with Crippen LogP contribution in [0.1, 0.15) is 0 Å². The molecule has 4 rings (SSSR count). The molecule has 20 heavy (non-hydrogen) atoms. The third-order valence-corrected chi connectivity index (χ3v) is 3.96. The Labute approximate surface area is 120 Å². The fourth-order valence-electron chi connectivity index (χ4n) is 2.18. The van der Waals surface area contributed by atoms with Gasteiger partial charge in [-0.1, -0.05) is 36.4 Å². The van der Waals surface area contributed by atoms with Gasteiger partial charge >= 0.3 is 0 Å². The van der Waals surface area contributed by atoms with Gasteiger partial charge in [0, 0.05) is 5.39 Å². The van der Waals surface area contributed by atoms with Crippen LogP contribution in [-0.2, 0) is 0 Å². The second-order valence-electron chi connectivity index (χ2n) is 4.50. The standard InChI is InChI=1S/C16H11N3S/c1-2-6-12-11(5-1)9-10-15(17-12)20-16-18-13-7-3-4-8-14(13)19-16/h1-10H,(H,18,19). The summed E-state index contributed by atoms with van der Waals surface area (Å²) in [5, 5.41) is 2.97. The van der Waals surface area contributed by atoms with Crippen LogP contribution in [0, 0.1) is 0 Å². The molecule has 2 aromatic carbocycles. The number of benzene rings is 2. The maximum absolute atomic E-state index is 4.64. The lowest BCUT2D eigenvalue weighted by molar-refractivity contribution is 1.07. The van der Waals surface area contributed by atoms with Crippen molar-refractivity contribution in [3.8, 4) is 0 Å². The van der Waals surface area contributed by atoms with Gasteiger partial charge in [-0.25, -0.2) is 9.97 Å². The number of hydrogen-bond donors (Lipinski definition) is 1. The minimum atomic E-state index is 0.869. The number of rotatable bonds is 2. The fourth-order valence-corrected chi connectivity index (χ4v) is 2.96. The van der Waals surface area contributed by atoms with E-state index in [1.165, 1.54) is 0 Å². The van der Waals surface area contributed by atoms with E-state index in [9.17, 15) is 0 Å². The molecule has 1 N–H and O–H groups in total. The zero-order valence-electron chi connectivity index (χ0n) is 10.6. The first-order valence-corrected chi connectivity index (χ1v) is 7.18. The van der Waals surface area contributed by atoms with E-state index in [1.54, 1.807) is 11.8 Å². The molecule has 0 unspecified atom stereocenters. The minimum Gasteiger partial charge on any atom is -0.333 e. The molecule has 0 aliphatic heterocycles. The Hall–Kier alpha value is -2.33. The number of fused-ring (bicyclic) bond motifs is 2. The highest BCUT2D eigenvalue weighted by atomic mass is 32.2. The Morgan fingerprint density at radius 2 is 1.55 bits per heavy atom. The molecule has 4 heteroatoms. The molecule has 2 aromatic heterocycles. The van der Waals surface area contributed by atoms with Crippen LogP contribution in [0.25, 0.3) is 21.9 Å². The van der Waals surface area contributed by atoms with Crippen LogP contribution in [0.15, 0.2) is 70.8 Å². The lowest BCUT2D eigenvalue weighted by Gasteiger charge is -2.00. The first-order chi connectivity index (χ1) is 9.88. The van der Waals surface area contributed by atoms with Gasteiger partial charge in [-0.15, -0.1) is 0 Å². The summed E-state index contributed by atoms with van der Waals surface area (Å²) in [6.07, 6.45) is 0. The number of para-hydroxylation sites is 3. The predicted molar refractivity (Wildman–Crippen MR) is 82.0 cm³/mol. The van der Waals surface area contributed by atoms with E-state index in [4.69, 9.17) is 0 Å². The quantitative estimate of drug-likeness (QED) is 0.595. The number of aromatic amines is 1. The summed E-state index contributed by atoms with van der Waals surface area (Å²) in [6.45, 7) is 0. The monoisotopic (exact) mass is 277 g/mol. The summed E-state index contributed by atoms with van der Waals surface area (Å²) >= 11 is 1.55. The molecule has 4 aromatic rings. The van der Waals surface area contributed by atoms with Gasteiger partial charge in [-0.05, 0) is 36.0 Å². The van der Waals surface area contributed by atoms with E-state index in [0.29, 0.717) is 0 Å². The van der Waals surface area contributed by atoms with Crippen molar-refractivity contribution in [2.75, 3.05) is 0 Å². The second kappa shape index (κ2) is 4.65. The minimum absolute atomic E-state index is 0.869. The molecular weight excluding hydrogens is 266 g/mol. The van der Waals surface area contributed by atoms with E-state index in [0.717, 1.165) is 32.1 Å². The molecule has 0 radical (unpaired) electrons. The Balaban J connectivity index is 1.72. The highest BCUT2D eigenvalue weighted by Gasteiger charge is 2.05. The maximum atomic E-state index is 4.64. The summed E-state index contributed by atoms with van der Waals surface area (Å²) in [5.74, 6) is 0. The summed E-state index contributed by atoms with van der Waals surface area (Å²) in [5.41, 5.74) is 3.04. The third kappa shape index (κ3) is 2.04. The Morgan fingerprint density at radius 1 is 0.750 bits per heavy atom. The maximum Gasteiger partial charge on any atom is 0.172 e. The van der Waals surface area contributed by atoms with Crippen molar-refractivity contribution in [3.63, 3.8) is 0 Å². The van der Waals surface area contributed by atoms with E-state index in [2.05, 4.69) is 27.1 Å². The van der Waals surface area contributed by atoms with Crippen LogP contribution < -0.4 is 0 Å². The number of hydrogen-bond acceptors (Lipinski definition) is 3. The van der Waals surface area contributed by atoms with Crippen molar-refractivity contribution in [2.24, 2.45) is 0 Å². The number of pyridine rings is 1. The SMILES string of the molecule is c1ccc2nc(Sc3nc4ccccc4[nH]3)ccc2c1. The second-order valence-corrected chi connectivity index (χ2v) is 5.51. The molecule has 96 valence electrons. The van der Waals surface area contributed by atoms with Crippen molar-refractivity contribution in [1.82, 2.24) is 15.0 Å². The number of nitrogens with zero attached hydrogens (tertiary/aromatic N) is 2. The van der Waals surface area contributed by atoms with Crippen LogP contribution in [-0.4, -0.2) is 15.0 Å². The smallest absolute Gasteiger partial charge is 0.172 e. The molecule has 2 heterocycles. The molecule has 0 aliphatic rings. The van der Waals surface area contributed by atoms with Crippen LogP contribution in [0.5, 0.6) is 0 Å². The summed E-state index contributed by atoms with van der Waals surface area (Å²) < 4.78 is 0. The number of H-pyrrole nitrogens is 1. The van der Waals surface area contributed by atoms with Crippen molar-refractivity contribution in [2.45, 2.75) is 10.2 Å². The lowest BCUT2D eigenvalue weighted by Crippen LogP contribution is -1.83. The molecular formula is C16H11N3S. The third-order valence-electron chi connectivity index (χ3n) is 3.14. The highest BCUT2D eigenvalue weighted by Crippen LogP contribution is 2.27. The van der Waals surface area contributed by atoms with Gasteiger partial charge in [0.1, 0.15) is 5.03 Å². The Bertz CT molecular complexity index is 865. The van der Waals surface area contributed by atoms with Gasteiger partial charge in [-0.3, -0.25) is 0 Å². The van der Waals surface area contributed by atoms with Gasteiger partial charge < -0.3 is 4.98 Å². The van der Waals surface area contributed by atoms with Crippen molar-refractivity contribution < 1.29 is 0 Å². The first kappa shape index (κ1) is 11.5. The Morgan fingerprint density at radius 3 is 2.45 bits per heavy atom. The molecule has 0 aliphatic carbocycles. The molecule has 0 spiro atoms. The number of aromatic nitrogens is 3. The van der Waals surface area contributed by atoms with E-state index in [-0.39, 0.29) is 0 Å². The summed E-state index contributed by atoms with van der Waals surface area (Å²) in [7, 11) is 0. The van der Waals surface area contributed by atoms with Crippen molar-refractivity contribution >= 4 is 33.7 Å².